The molecule has 1 aliphatic carbocycles. The van der Waals surface area contributed by atoms with Crippen molar-refractivity contribution in [2.75, 3.05) is 39.6 Å². The number of anilines is 2. The normalized spacial score (nSPS) is 18.6. The van der Waals surface area contributed by atoms with Gasteiger partial charge in [0.15, 0.2) is 0 Å². The topological polar surface area (TPSA) is 109 Å². The van der Waals surface area contributed by atoms with Crippen molar-refractivity contribution in [3.8, 4) is 17.4 Å². The zero-order chi connectivity index (χ0) is 31.4. The van der Waals surface area contributed by atoms with E-state index < -0.39 is 23.2 Å². The summed E-state index contributed by atoms with van der Waals surface area (Å²) in [6.07, 6.45) is -0.999. The number of rotatable bonds is 7. The molecule has 13 heteroatoms. The van der Waals surface area contributed by atoms with Crippen molar-refractivity contribution in [3.63, 3.8) is 0 Å². The molecule has 1 saturated heterocycles. The smallest absolute Gasteiger partial charge is 0.423 e. The van der Waals surface area contributed by atoms with Crippen LogP contribution in [0.3, 0.4) is 0 Å². The van der Waals surface area contributed by atoms with Crippen LogP contribution in [0.4, 0.5) is 24.8 Å². The molecule has 1 spiro atoms. The maximum Gasteiger partial charge on any atom is 0.423 e. The van der Waals surface area contributed by atoms with Crippen molar-refractivity contribution in [2.24, 2.45) is 0 Å². The Morgan fingerprint density at radius 1 is 1.05 bits per heavy atom. The van der Waals surface area contributed by atoms with Gasteiger partial charge in [-0.1, -0.05) is 12.1 Å². The lowest BCUT2D eigenvalue weighted by molar-refractivity contribution is -0.139. The van der Waals surface area contributed by atoms with Gasteiger partial charge in [0.1, 0.15) is 17.1 Å². The standard InChI is InChI=1S/C31H33F3N6O4/c1-29(12-14-39(2)15-13-29)38-25(41)18-8-9-21(23(16-18)43-4)36-28-35-17-20(31(32,33)34)26(37-28)44-22-7-5-6-19-24(22)27(42)40(3)30(19)10-11-30/h5-9,16-17H,10-15H2,1-4H3,(H,38,41)(H,35,36,37). The summed E-state index contributed by atoms with van der Waals surface area (Å²) >= 11 is 0. The minimum atomic E-state index is -4.82. The molecular weight excluding hydrogens is 577 g/mol. The third kappa shape index (κ3) is 5.29. The van der Waals surface area contributed by atoms with Gasteiger partial charge < -0.3 is 29.9 Å². The molecule has 2 aromatic carbocycles. The molecule has 1 saturated carbocycles. The second kappa shape index (κ2) is 10.7. The van der Waals surface area contributed by atoms with Gasteiger partial charge in [-0.05, 0) is 69.5 Å². The number of nitrogens with zero attached hydrogens (tertiary/aromatic N) is 4. The van der Waals surface area contributed by atoms with Crippen molar-refractivity contribution < 1.29 is 32.2 Å². The number of aromatic nitrogens is 2. The Morgan fingerprint density at radius 3 is 2.43 bits per heavy atom. The summed E-state index contributed by atoms with van der Waals surface area (Å²) < 4.78 is 53.2. The molecule has 10 nitrogen and oxygen atoms in total. The predicted octanol–water partition coefficient (Wildman–Crippen LogP) is 5.33. The fourth-order valence-corrected chi connectivity index (χ4v) is 5.93. The zero-order valence-corrected chi connectivity index (χ0v) is 24.8. The predicted molar refractivity (Wildman–Crippen MR) is 155 cm³/mol. The lowest BCUT2D eigenvalue weighted by Gasteiger charge is -2.38. The number of ether oxygens (including phenoxy) is 2. The Labute approximate surface area is 252 Å². The molecule has 44 heavy (non-hydrogen) atoms. The highest BCUT2D eigenvalue weighted by Gasteiger charge is 2.57. The number of nitrogens with one attached hydrogen (secondary N) is 2. The van der Waals surface area contributed by atoms with E-state index in [0.717, 1.165) is 44.3 Å². The quantitative estimate of drug-likeness (QED) is 0.370. The highest BCUT2D eigenvalue weighted by Crippen LogP contribution is 2.57. The number of likely N-dealkylation sites (tertiary alicyclic amines) is 1. The van der Waals surface area contributed by atoms with Gasteiger partial charge in [0.05, 0.1) is 23.9 Å². The van der Waals surface area contributed by atoms with E-state index in [1.54, 1.807) is 42.3 Å². The van der Waals surface area contributed by atoms with Gasteiger partial charge in [-0.15, -0.1) is 0 Å². The minimum Gasteiger partial charge on any atom is -0.495 e. The molecule has 0 unspecified atom stereocenters. The molecule has 1 aromatic heterocycles. The summed E-state index contributed by atoms with van der Waals surface area (Å²) in [5.74, 6) is -1.26. The maximum absolute atomic E-state index is 14.0. The van der Waals surface area contributed by atoms with Gasteiger partial charge in [0, 0.05) is 37.4 Å². The first kappa shape index (κ1) is 29.7. The average Bonchev–Trinajstić information content (AvgIpc) is 3.76. The van der Waals surface area contributed by atoms with Gasteiger partial charge in [-0.2, -0.15) is 18.2 Å². The number of hydrogen-bond donors (Lipinski definition) is 2. The largest absolute Gasteiger partial charge is 0.495 e. The third-order valence-electron chi connectivity index (χ3n) is 8.89. The number of piperidine rings is 1. The van der Waals surface area contributed by atoms with Crippen LogP contribution in [0, 0.1) is 0 Å². The van der Waals surface area contributed by atoms with E-state index in [0.29, 0.717) is 17.4 Å². The first-order valence-electron chi connectivity index (χ1n) is 14.3. The minimum absolute atomic E-state index is 0.00970. The SMILES string of the molecule is COc1cc(C(=O)NC2(C)CCN(C)CC2)ccc1Nc1ncc(C(F)(F)F)c(Oc2cccc3c2C(=O)N(C)C32CC2)n1. The van der Waals surface area contributed by atoms with Crippen molar-refractivity contribution >= 4 is 23.5 Å². The third-order valence-corrected chi connectivity index (χ3v) is 8.89. The first-order chi connectivity index (χ1) is 20.8. The van der Waals surface area contributed by atoms with Gasteiger partial charge in [0.25, 0.3) is 11.8 Å². The van der Waals surface area contributed by atoms with Crippen molar-refractivity contribution in [1.29, 1.82) is 0 Å². The molecule has 0 bridgehead atoms. The molecule has 0 atom stereocenters. The summed E-state index contributed by atoms with van der Waals surface area (Å²) in [6, 6.07) is 9.62. The summed E-state index contributed by atoms with van der Waals surface area (Å²) in [6.45, 7) is 3.78. The molecule has 3 heterocycles. The van der Waals surface area contributed by atoms with Crippen LogP contribution >= 0.6 is 0 Å². The van der Waals surface area contributed by atoms with Crippen molar-refractivity contribution in [1.82, 2.24) is 25.1 Å². The molecule has 6 rings (SSSR count). The van der Waals surface area contributed by atoms with Crippen LogP contribution < -0.4 is 20.1 Å². The van der Waals surface area contributed by atoms with Crippen LogP contribution in [-0.2, 0) is 11.7 Å². The van der Waals surface area contributed by atoms with Crippen LogP contribution in [0.1, 0.15) is 64.4 Å². The number of alkyl halides is 3. The summed E-state index contributed by atoms with van der Waals surface area (Å²) in [5.41, 5.74) is -0.292. The van der Waals surface area contributed by atoms with Gasteiger partial charge in [0.2, 0.25) is 11.8 Å². The van der Waals surface area contributed by atoms with E-state index in [1.807, 2.05) is 14.0 Å². The molecule has 232 valence electrons. The van der Waals surface area contributed by atoms with Crippen LogP contribution in [0.5, 0.6) is 17.4 Å². The van der Waals surface area contributed by atoms with Gasteiger partial charge in [-0.25, -0.2) is 4.98 Å². The second-order valence-electron chi connectivity index (χ2n) is 11.9. The number of methoxy groups -OCH3 is 1. The van der Waals surface area contributed by atoms with Crippen LogP contribution in [-0.4, -0.2) is 71.4 Å². The summed E-state index contributed by atoms with van der Waals surface area (Å²) in [5, 5.41) is 5.99. The maximum atomic E-state index is 14.0. The number of benzene rings is 2. The molecular formula is C31H33F3N6O4. The Hall–Kier alpha value is -4.39. The van der Waals surface area contributed by atoms with Gasteiger partial charge in [-0.3, -0.25) is 9.59 Å². The van der Waals surface area contributed by atoms with E-state index in [2.05, 4.69) is 25.5 Å². The van der Waals surface area contributed by atoms with E-state index >= 15 is 0 Å². The first-order valence-corrected chi connectivity index (χ1v) is 14.3. The highest BCUT2D eigenvalue weighted by molar-refractivity contribution is 6.03. The number of carbonyl (C=O) groups excluding carboxylic acids is 2. The monoisotopic (exact) mass is 610 g/mol. The van der Waals surface area contributed by atoms with Crippen LogP contribution in [0.25, 0.3) is 0 Å². The lowest BCUT2D eigenvalue weighted by atomic mass is 9.89. The lowest BCUT2D eigenvalue weighted by Crippen LogP contribution is -2.52. The molecule has 3 aliphatic rings. The Kier molecular flexibility index (Phi) is 7.18. The van der Waals surface area contributed by atoms with Gasteiger partial charge >= 0.3 is 6.18 Å². The number of amides is 2. The van der Waals surface area contributed by atoms with E-state index in [1.165, 1.54) is 13.2 Å². The fourth-order valence-electron chi connectivity index (χ4n) is 5.93. The number of halogens is 3. The van der Waals surface area contributed by atoms with Crippen LogP contribution in [0.15, 0.2) is 42.6 Å². The van der Waals surface area contributed by atoms with E-state index in [9.17, 15) is 22.8 Å². The summed E-state index contributed by atoms with van der Waals surface area (Å²) in [4.78, 5) is 37.9. The molecule has 2 fully saturated rings. The zero-order valence-electron chi connectivity index (χ0n) is 24.8. The second-order valence-corrected chi connectivity index (χ2v) is 11.9. The van der Waals surface area contributed by atoms with Crippen LogP contribution in [0.2, 0.25) is 0 Å². The molecule has 0 radical (unpaired) electrons. The summed E-state index contributed by atoms with van der Waals surface area (Å²) in [7, 11) is 5.15. The molecule has 2 aliphatic heterocycles. The Bertz CT molecular complexity index is 1630. The number of carbonyl (C=O) groups is 2. The Balaban J connectivity index is 1.26. The van der Waals surface area contributed by atoms with Crippen molar-refractivity contribution in [2.45, 2.75) is 49.9 Å². The highest BCUT2D eigenvalue weighted by atomic mass is 19.4. The Morgan fingerprint density at radius 2 is 1.77 bits per heavy atom. The average molecular weight is 611 g/mol. The number of hydrogen-bond acceptors (Lipinski definition) is 8. The van der Waals surface area contributed by atoms with E-state index in [4.69, 9.17) is 9.47 Å². The molecule has 2 amide bonds. The molecule has 3 aromatic rings. The van der Waals surface area contributed by atoms with Crippen molar-refractivity contribution in [3.05, 3.63) is 64.8 Å². The van der Waals surface area contributed by atoms with E-state index in [-0.39, 0.29) is 40.4 Å². The fraction of sp³-hybridized carbons (Fsp3) is 0.419. The number of fused-ring (bicyclic) bond motifs is 2. The molecule has 2 N–H and O–H groups in total.